The molecule has 5 heteroatoms. The van der Waals surface area contributed by atoms with Crippen molar-refractivity contribution in [2.45, 2.75) is 20.5 Å². The van der Waals surface area contributed by atoms with Gasteiger partial charge in [-0.3, -0.25) is 10.4 Å². The highest BCUT2D eigenvalue weighted by Crippen LogP contribution is 2.16. The fraction of sp³-hybridized carbons (Fsp3) is 0.231. The van der Waals surface area contributed by atoms with E-state index in [1.807, 2.05) is 44.2 Å². The minimum absolute atomic E-state index is 0.253. The molecule has 1 heterocycles. The summed E-state index contributed by atoms with van der Waals surface area (Å²) in [5.41, 5.74) is 3.18. The van der Waals surface area contributed by atoms with Crippen LogP contribution in [0.5, 0.6) is 0 Å². The van der Waals surface area contributed by atoms with Crippen molar-refractivity contribution < 1.29 is 9.53 Å². The number of anilines is 1. The Kier molecular flexibility index (Phi) is 3.62. The van der Waals surface area contributed by atoms with Gasteiger partial charge in [-0.1, -0.05) is 30.3 Å². The second kappa shape index (κ2) is 5.35. The van der Waals surface area contributed by atoms with Crippen LogP contribution in [0.25, 0.3) is 0 Å². The molecule has 2 rings (SSSR count). The van der Waals surface area contributed by atoms with Gasteiger partial charge in [-0.2, -0.15) is 5.10 Å². The van der Waals surface area contributed by atoms with Crippen molar-refractivity contribution in [3.8, 4) is 0 Å². The van der Waals surface area contributed by atoms with Gasteiger partial charge in [-0.25, -0.2) is 4.79 Å². The fourth-order valence-corrected chi connectivity index (χ4v) is 1.60. The Morgan fingerprint density at radius 3 is 2.67 bits per heavy atom. The molecule has 0 saturated heterocycles. The van der Waals surface area contributed by atoms with Gasteiger partial charge in [0.1, 0.15) is 6.61 Å². The van der Waals surface area contributed by atoms with Gasteiger partial charge >= 0.3 is 6.09 Å². The number of rotatable bonds is 3. The largest absolute Gasteiger partial charge is 0.444 e. The van der Waals surface area contributed by atoms with E-state index in [2.05, 4.69) is 15.5 Å². The molecule has 0 aliphatic rings. The molecule has 1 amide bonds. The summed E-state index contributed by atoms with van der Waals surface area (Å²) in [4.78, 5) is 11.6. The van der Waals surface area contributed by atoms with Crippen LogP contribution < -0.4 is 5.32 Å². The van der Waals surface area contributed by atoms with Crippen LogP contribution in [0.3, 0.4) is 0 Å². The first kappa shape index (κ1) is 12.2. The lowest BCUT2D eigenvalue weighted by Gasteiger charge is -2.07. The number of H-pyrrole nitrogens is 1. The zero-order valence-electron chi connectivity index (χ0n) is 10.4. The highest BCUT2D eigenvalue weighted by Gasteiger charge is 2.10. The molecule has 94 valence electrons. The second-order valence-electron chi connectivity index (χ2n) is 4.00. The number of carbonyl (C=O) groups is 1. The third-order valence-corrected chi connectivity index (χ3v) is 2.57. The highest BCUT2D eigenvalue weighted by atomic mass is 16.5. The van der Waals surface area contributed by atoms with Crippen molar-refractivity contribution in [2.75, 3.05) is 5.32 Å². The van der Waals surface area contributed by atoms with E-state index in [4.69, 9.17) is 4.74 Å². The highest BCUT2D eigenvalue weighted by molar-refractivity contribution is 5.86. The number of aromatic nitrogens is 2. The van der Waals surface area contributed by atoms with Gasteiger partial charge in [0, 0.05) is 0 Å². The summed E-state index contributed by atoms with van der Waals surface area (Å²) in [5, 5.41) is 9.46. The normalized spacial score (nSPS) is 10.1. The third kappa shape index (κ3) is 2.88. The van der Waals surface area contributed by atoms with Gasteiger partial charge in [0.2, 0.25) is 0 Å². The van der Waals surface area contributed by atoms with E-state index in [1.165, 1.54) is 0 Å². The van der Waals surface area contributed by atoms with Crippen molar-refractivity contribution >= 4 is 11.8 Å². The molecule has 18 heavy (non-hydrogen) atoms. The topological polar surface area (TPSA) is 67.0 Å². The maximum Gasteiger partial charge on any atom is 0.412 e. The Hall–Kier alpha value is -2.30. The van der Waals surface area contributed by atoms with Gasteiger partial charge in [0.15, 0.2) is 0 Å². The number of benzene rings is 1. The number of aryl methyl sites for hydroxylation is 2. The molecule has 1 aromatic heterocycles. The predicted octanol–water partition coefficient (Wildman–Crippen LogP) is 2.78. The molecule has 1 aromatic carbocycles. The number of nitrogens with zero attached hydrogens (tertiary/aromatic N) is 1. The average molecular weight is 245 g/mol. The van der Waals surface area contributed by atoms with Crippen LogP contribution in [0.15, 0.2) is 30.3 Å². The molecule has 0 unspecified atom stereocenters. The van der Waals surface area contributed by atoms with Crippen LogP contribution in [0, 0.1) is 13.8 Å². The van der Waals surface area contributed by atoms with Crippen molar-refractivity contribution in [1.29, 1.82) is 0 Å². The molecule has 0 atom stereocenters. The standard InChI is InChI=1S/C13H15N3O2/c1-9-12(10(2)16-15-9)14-13(17)18-8-11-6-4-3-5-7-11/h3-7H,8H2,1-2H3,(H,14,17)(H,15,16). The summed E-state index contributed by atoms with van der Waals surface area (Å²) in [5.74, 6) is 0. The van der Waals surface area contributed by atoms with E-state index in [0.29, 0.717) is 5.69 Å². The summed E-state index contributed by atoms with van der Waals surface area (Å²) >= 11 is 0. The van der Waals surface area contributed by atoms with Crippen LogP contribution in [0.4, 0.5) is 10.5 Å². The number of amides is 1. The summed E-state index contributed by atoms with van der Waals surface area (Å²) in [6, 6.07) is 9.53. The quantitative estimate of drug-likeness (QED) is 0.873. The van der Waals surface area contributed by atoms with E-state index in [-0.39, 0.29) is 6.61 Å². The Bertz CT molecular complexity index is 515. The lowest BCUT2D eigenvalue weighted by molar-refractivity contribution is 0.155. The van der Waals surface area contributed by atoms with E-state index in [1.54, 1.807) is 0 Å². The van der Waals surface area contributed by atoms with E-state index in [9.17, 15) is 4.79 Å². The van der Waals surface area contributed by atoms with E-state index < -0.39 is 6.09 Å². The SMILES string of the molecule is Cc1n[nH]c(C)c1NC(=O)OCc1ccccc1. The number of nitrogens with one attached hydrogen (secondary N) is 2. The van der Waals surface area contributed by atoms with Crippen LogP contribution in [-0.4, -0.2) is 16.3 Å². The second-order valence-corrected chi connectivity index (χ2v) is 4.00. The van der Waals surface area contributed by atoms with Crippen LogP contribution in [0.1, 0.15) is 17.0 Å². The number of hydrogen-bond donors (Lipinski definition) is 2. The summed E-state index contributed by atoms with van der Waals surface area (Å²) in [6.45, 7) is 3.91. The van der Waals surface area contributed by atoms with Crippen molar-refractivity contribution in [3.05, 3.63) is 47.3 Å². The maximum atomic E-state index is 11.6. The van der Waals surface area contributed by atoms with Gasteiger partial charge < -0.3 is 4.74 Å². The average Bonchev–Trinajstić information content (AvgIpc) is 2.69. The monoisotopic (exact) mass is 245 g/mol. The molecular weight excluding hydrogens is 230 g/mol. The van der Waals surface area contributed by atoms with E-state index in [0.717, 1.165) is 17.0 Å². The maximum absolute atomic E-state index is 11.6. The Morgan fingerprint density at radius 1 is 1.33 bits per heavy atom. The zero-order valence-corrected chi connectivity index (χ0v) is 10.4. The minimum Gasteiger partial charge on any atom is -0.444 e. The number of hydrogen-bond acceptors (Lipinski definition) is 3. The number of aromatic amines is 1. The molecule has 0 bridgehead atoms. The molecule has 0 saturated carbocycles. The predicted molar refractivity (Wildman–Crippen MR) is 68.3 cm³/mol. The van der Waals surface area contributed by atoms with Crippen LogP contribution in [0.2, 0.25) is 0 Å². The molecule has 5 nitrogen and oxygen atoms in total. The van der Waals surface area contributed by atoms with Crippen LogP contribution in [-0.2, 0) is 11.3 Å². The minimum atomic E-state index is -0.480. The molecule has 0 spiro atoms. The molecule has 0 aliphatic carbocycles. The smallest absolute Gasteiger partial charge is 0.412 e. The first-order chi connectivity index (χ1) is 8.66. The van der Waals surface area contributed by atoms with Crippen molar-refractivity contribution in [3.63, 3.8) is 0 Å². The molecular formula is C13H15N3O2. The number of ether oxygens (including phenoxy) is 1. The molecule has 2 N–H and O–H groups in total. The fourth-order valence-electron chi connectivity index (χ4n) is 1.60. The summed E-state index contributed by atoms with van der Waals surface area (Å²) in [6.07, 6.45) is -0.480. The molecule has 0 aliphatic heterocycles. The summed E-state index contributed by atoms with van der Waals surface area (Å²) < 4.78 is 5.12. The first-order valence-corrected chi connectivity index (χ1v) is 5.66. The Balaban J connectivity index is 1.90. The van der Waals surface area contributed by atoms with Gasteiger partial charge in [0.05, 0.1) is 17.1 Å². The van der Waals surface area contributed by atoms with Crippen LogP contribution >= 0.6 is 0 Å². The van der Waals surface area contributed by atoms with Crippen molar-refractivity contribution in [2.24, 2.45) is 0 Å². The lowest BCUT2D eigenvalue weighted by Crippen LogP contribution is -2.14. The van der Waals surface area contributed by atoms with Gasteiger partial charge in [0.25, 0.3) is 0 Å². The van der Waals surface area contributed by atoms with Gasteiger partial charge in [-0.05, 0) is 19.4 Å². The third-order valence-electron chi connectivity index (χ3n) is 2.57. The number of carbonyl (C=O) groups excluding carboxylic acids is 1. The molecule has 0 fully saturated rings. The van der Waals surface area contributed by atoms with Crippen molar-refractivity contribution in [1.82, 2.24) is 10.2 Å². The first-order valence-electron chi connectivity index (χ1n) is 5.66. The molecule has 2 aromatic rings. The molecule has 0 radical (unpaired) electrons. The van der Waals surface area contributed by atoms with E-state index >= 15 is 0 Å². The van der Waals surface area contributed by atoms with Gasteiger partial charge in [-0.15, -0.1) is 0 Å². The Morgan fingerprint density at radius 2 is 2.06 bits per heavy atom. The lowest BCUT2D eigenvalue weighted by atomic mass is 10.2. The zero-order chi connectivity index (χ0) is 13.0. The summed E-state index contributed by atoms with van der Waals surface area (Å²) in [7, 11) is 0. The Labute approximate surface area is 105 Å².